The largest absolute Gasteiger partial charge is 0.381 e. The van der Waals surface area contributed by atoms with Gasteiger partial charge in [-0.25, -0.2) is 0 Å². The molecule has 5 nitrogen and oxygen atoms in total. The SMILES string of the molecule is CC1(N)CCCCC1C(=O)N1CCN(C2CCOCC2)CC1.Cl.Cl. The van der Waals surface area contributed by atoms with Gasteiger partial charge >= 0.3 is 0 Å². The molecule has 2 heterocycles. The first kappa shape index (κ1) is 22.0. The lowest BCUT2D eigenvalue weighted by atomic mass is 9.74. The minimum absolute atomic E-state index is 0. The molecule has 0 radical (unpaired) electrons. The third kappa shape index (κ3) is 4.98. The molecule has 142 valence electrons. The minimum atomic E-state index is -0.312. The smallest absolute Gasteiger partial charge is 0.227 e. The van der Waals surface area contributed by atoms with Gasteiger partial charge in [-0.05, 0) is 32.6 Å². The van der Waals surface area contributed by atoms with Crippen LogP contribution in [0.3, 0.4) is 0 Å². The number of hydrogen-bond acceptors (Lipinski definition) is 4. The highest BCUT2D eigenvalue weighted by Gasteiger charge is 2.40. The van der Waals surface area contributed by atoms with E-state index in [9.17, 15) is 4.79 Å². The maximum atomic E-state index is 12.9. The second-order valence-electron chi connectivity index (χ2n) is 7.51. The average Bonchev–Trinajstić information content (AvgIpc) is 2.55. The van der Waals surface area contributed by atoms with Crippen molar-refractivity contribution in [3.63, 3.8) is 0 Å². The molecule has 24 heavy (non-hydrogen) atoms. The number of nitrogens with zero attached hydrogens (tertiary/aromatic N) is 2. The summed E-state index contributed by atoms with van der Waals surface area (Å²) in [5.74, 6) is 0.326. The maximum absolute atomic E-state index is 12.9. The maximum Gasteiger partial charge on any atom is 0.227 e. The molecule has 0 aromatic rings. The van der Waals surface area contributed by atoms with Crippen molar-refractivity contribution in [2.24, 2.45) is 11.7 Å². The standard InChI is InChI=1S/C17H31N3O2.2ClH/c1-17(18)7-3-2-4-15(17)16(21)20-10-8-19(9-11-20)14-5-12-22-13-6-14;;/h14-15H,2-13,18H2,1H3;2*1H. The highest BCUT2D eigenvalue weighted by molar-refractivity contribution is 5.85. The van der Waals surface area contributed by atoms with Gasteiger partial charge in [0, 0.05) is 51.0 Å². The summed E-state index contributed by atoms with van der Waals surface area (Å²) in [7, 11) is 0. The number of piperazine rings is 1. The van der Waals surface area contributed by atoms with Crippen LogP contribution in [0.4, 0.5) is 0 Å². The first-order valence-corrected chi connectivity index (χ1v) is 8.97. The van der Waals surface area contributed by atoms with Gasteiger partial charge in [0.2, 0.25) is 5.91 Å². The Bertz CT molecular complexity index is 395. The van der Waals surface area contributed by atoms with Crippen LogP contribution in [-0.2, 0) is 9.53 Å². The molecule has 1 saturated carbocycles. The van der Waals surface area contributed by atoms with Gasteiger partial charge < -0.3 is 15.4 Å². The third-order valence-corrected chi connectivity index (χ3v) is 5.89. The quantitative estimate of drug-likeness (QED) is 0.794. The van der Waals surface area contributed by atoms with Crippen molar-refractivity contribution in [2.45, 2.75) is 57.0 Å². The lowest BCUT2D eigenvalue weighted by Crippen LogP contribution is -2.58. The third-order valence-electron chi connectivity index (χ3n) is 5.89. The van der Waals surface area contributed by atoms with Gasteiger partial charge in [0.1, 0.15) is 0 Å². The molecule has 0 aromatic heterocycles. The van der Waals surface area contributed by atoms with Crippen molar-refractivity contribution in [1.29, 1.82) is 0 Å². The van der Waals surface area contributed by atoms with Crippen molar-refractivity contribution >= 4 is 30.7 Å². The second kappa shape index (κ2) is 9.58. The van der Waals surface area contributed by atoms with Crippen LogP contribution in [0.15, 0.2) is 0 Å². The van der Waals surface area contributed by atoms with E-state index in [4.69, 9.17) is 10.5 Å². The summed E-state index contributed by atoms with van der Waals surface area (Å²) in [5, 5.41) is 0. The van der Waals surface area contributed by atoms with E-state index in [2.05, 4.69) is 16.7 Å². The Kier molecular flexibility index (Phi) is 8.77. The van der Waals surface area contributed by atoms with Gasteiger partial charge in [-0.1, -0.05) is 12.8 Å². The van der Waals surface area contributed by atoms with E-state index in [1.165, 1.54) is 0 Å². The highest BCUT2D eigenvalue weighted by atomic mass is 35.5. The zero-order valence-electron chi connectivity index (χ0n) is 14.7. The number of nitrogens with two attached hydrogens (primary N) is 1. The fraction of sp³-hybridized carbons (Fsp3) is 0.941. The van der Waals surface area contributed by atoms with Gasteiger partial charge in [0.15, 0.2) is 0 Å². The van der Waals surface area contributed by atoms with Crippen molar-refractivity contribution in [2.75, 3.05) is 39.4 Å². The first-order valence-electron chi connectivity index (χ1n) is 8.97. The van der Waals surface area contributed by atoms with Crippen LogP contribution >= 0.6 is 24.8 Å². The van der Waals surface area contributed by atoms with E-state index in [-0.39, 0.29) is 36.3 Å². The topological polar surface area (TPSA) is 58.8 Å². The van der Waals surface area contributed by atoms with Crippen LogP contribution in [0.2, 0.25) is 0 Å². The predicted molar refractivity (Wildman–Crippen MR) is 101 cm³/mol. The summed E-state index contributed by atoms with van der Waals surface area (Å²) in [4.78, 5) is 17.5. The number of amides is 1. The monoisotopic (exact) mass is 381 g/mol. The molecule has 1 amide bonds. The summed E-state index contributed by atoms with van der Waals surface area (Å²) in [6.45, 7) is 7.57. The van der Waals surface area contributed by atoms with E-state index in [0.717, 1.165) is 77.9 Å². The molecule has 2 N–H and O–H groups in total. The molecule has 2 unspecified atom stereocenters. The summed E-state index contributed by atoms with van der Waals surface area (Å²) < 4.78 is 5.45. The lowest BCUT2D eigenvalue weighted by Gasteiger charge is -2.44. The Morgan fingerprint density at radius 3 is 2.25 bits per heavy atom. The lowest BCUT2D eigenvalue weighted by molar-refractivity contribution is -0.141. The summed E-state index contributed by atoms with van der Waals surface area (Å²) in [6, 6.07) is 0.653. The fourth-order valence-electron chi connectivity index (χ4n) is 4.34. The number of ether oxygens (including phenoxy) is 1. The number of hydrogen-bond donors (Lipinski definition) is 1. The van der Waals surface area contributed by atoms with Crippen LogP contribution in [0.5, 0.6) is 0 Å². The molecule has 3 fully saturated rings. The molecule has 7 heteroatoms. The van der Waals surface area contributed by atoms with Gasteiger partial charge in [-0.15, -0.1) is 24.8 Å². The van der Waals surface area contributed by atoms with Crippen LogP contribution in [-0.4, -0.2) is 66.7 Å². The molecule has 1 aliphatic carbocycles. The minimum Gasteiger partial charge on any atom is -0.381 e. The Labute approximate surface area is 158 Å². The average molecular weight is 382 g/mol. The van der Waals surface area contributed by atoms with Gasteiger partial charge in [-0.3, -0.25) is 9.69 Å². The Morgan fingerprint density at radius 2 is 1.67 bits per heavy atom. The molecule has 0 spiro atoms. The molecule has 3 rings (SSSR count). The Balaban J connectivity index is 0.00000144. The molecule has 3 aliphatic rings. The van der Waals surface area contributed by atoms with Gasteiger partial charge in [0.05, 0.1) is 5.92 Å². The zero-order valence-corrected chi connectivity index (χ0v) is 16.4. The molecule has 2 saturated heterocycles. The molecule has 0 aromatic carbocycles. The molecule has 0 bridgehead atoms. The van der Waals surface area contributed by atoms with Crippen molar-refractivity contribution in [3.8, 4) is 0 Å². The van der Waals surface area contributed by atoms with Crippen LogP contribution < -0.4 is 5.73 Å². The Hall–Kier alpha value is -0.0700. The van der Waals surface area contributed by atoms with Crippen LogP contribution in [0.1, 0.15) is 45.4 Å². The van der Waals surface area contributed by atoms with Crippen LogP contribution in [0, 0.1) is 5.92 Å². The van der Waals surface area contributed by atoms with E-state index in [0.29, 0.717) is 11.9 Å². The zero-order chi connectivity index (χ0) is 15.6. The molecule has 2 atom stereocenters. The fourth-order valence-corrected chi connectivity index (χ4v) is 4.34. The van der Waals surface area contributed by atoms with Crippen molar-refractivity contribution in [3.05, 3.63) is 0 Å². The number of halogens is 2. The second-order valence-corrected chi connectivity index (χ2v) is 7.51. The summed E-state index contributed by atoms with van der Waals surface area (Å²) in [6.07, 6.45) is 6.52. The van der Waals surface area contributed by atoms with E-state index >= 15 is 0 Å². The summed E-state index contributed by atoms with van der Waals surface area (Å²) >= 11 is 0. The number of rotatable bonds is 2. The molecule has 2 aliphatic heterocycles. The van der Waals surface area contributed by atoms with E-state index in [1.54, 1.807) is 0 Å². The van der Waals surface area contributed by atoms with Crippen molar-refractivity contribution in [1.82, 2.24) is 9.80 Å². The number of carbonyl (C=O) groups excluding carboxylic acids is 1. The number of carbonyl (C=O) groups is 1. The normalized spacial score (nSPS) is 32.6. The first-order chi connectivity index (χ1) is 10.6. The van der Waals surface area contributed by atoms with E-state index in [1.807, 2.05) is 0 Å². The highest BCUT2D eigenvalue weighted by Crippen LogP contribution is 2.33. The van der Waals surface area contributed by atoms with Crippen LogP contribution in [0.25, 0.3) is 0 Å². The van der Waals surface area contributed by atoms with Crippen molar-refractivity contribution < 1.29 is 9.53 Å². The predicted octanol–water partition coefficient (Wildman–Crippen LogP) is 2.06. The Morgan fingerprint density at radius 1 is 1.04 bits per heavy atom. The molecular formula is C17H33Cl2N3O2. The van der Waals surface area contributed by atoms with E-state index < -0.39 is 0 Å². The molecular weight excluding hydrogens is 349 g/mol. The summed E-state index contributed by atoms with van der Waals surface area (Å²) in [5.41, 5.74) is 6.09. The van der Waals surface area contributed by atoms with Gasteiger partial charge in [-0.2, -0.15) is 0 Å². The van der Waals surface area contributed by atoms with Gasteiger partial charge in [0.25, 0.3) is 0 Å².